The second kappa shape index (κ2) is 6.12. The number of benzene rings is 1. The monoisotopic (exact) mass is 256 g/mol. The van der Waals surface area contributed by atoms with Crippen LogP contribution in [0.4, 0.5) is 0 Å². The van der Waals surface area contributed by atoms with E-state index in [1.165, 1.54) is 17.8 Å². The van der Waals surface area contributed by atoms with Crippen LogP contribution in [0, 0.1) is 6.92 Å². The van der Waals surface area contributed by atoms with Crippen LogP contribution in [-0.2, 0) is 0 Å². The highest BCUT2D eigenvalue weighted by Crippen LogP contribution is 2.13. The Bertz CT molecular complexity index is 550. The van der Waals surface area contributed by atoms with E-state index in [0.717, 1.165) is 5.56 Å². The molecule has 0 spiro atoms. The zero-order valence-corrected chi connectivity index (χ0v) is 10.7. The summed E-state index contributed by atoms with van der Waals surface area (Å²) in [7, 11) is 0. The molecule has 0 aliphatic carbocycles. The molecule has 0 N–H and O–H groups in total. The number of carbonyl (C=O) groups excluding carboxylic acids is 1. The van der Waals surface area contributed by atoms with E-state index in [9.17, 15) is 4.79 Å². The largest absolute Gasteiger partial charge is 0.289 e. The van der Waals surface area contributed by atoms with Gasteiger partial charge < -0.3 is 0 Å². The number of ketones is 1. The van der Waals surface area contributed by atoms with Gasteiger partial charge in [0.05, 0.1) is 0 Å². The molecule has 0 saturated heterocycles. The molecule has 2 aromatic rings. The van der Waals surface area contributed by atoms with Gasteiger partial charge in [0.1, 0.15) is 0 Å². The minimum atomic E-state index is -0.0153. The molecule has 0 aliphatic heterocycles. The van der Waals surface area contributed by atoms with Crippen molar-refractivity contribution in [2.24, 2.45) is 0 Å². The summed E-state index contributed by atoms with van der Waals surface area (Å²) in [4.78, 5) is 19.9. The Kier molecular flexibility index (Phi) is 4.25. The van der Waals surface area contributed by atoms with Gasteiger partial charge in [-0.1, -0.05) is 41.6 Å². The molecule has 0 aliphatic rings. The van der Waals surface area contributed by atoms with E-state index in [1.54, 1.807) is 23.9 Å². The van der Waals surface area contributed by atoms with Gasteiger partial charge in [-0.15, -0.1) is 0 Å². The zero-order chi connectivity index (χ0) is 12.8. The Morgan fingerprint density at radius 1 is 1.17 bits per heavy atom. The predicted octanol–water partition coefficient (Wildman–Crippen LogP) is 3.27. The van der Waals surface area contributed by atoms with Crippen LogP contribution in [0.5, 0.6) is 0 Å². The molecule has 1 aromatic carbocycles. The molecule has 0 radical (unpaired) electrons. The van der Waals surface area contributed by atoms with Crippen LogP contribution in [-0.4, -0.2) is 15.8 Å². The van der Waals surface area contributed by atoms with Gasteiger partial charge in [0.15, 0.2) is 10.9 Å². The molecule has 1 aromatic heterocycles. The number of carbonyl (C=O) groups is 1. The van der Waals surface area contributed by atoms with Gasteiger partial charge >= 0.3 is 0 Å². The highest BCUT2D eigenvalue weighted by molar-refractivity contribution is 8.02. The van der Waals surface area contributed by atoms with Crippen molar-refractivity contribution in [1.29, 1.82) is 0 Å². The van der Waals surface area contributed by atoms with Gasteiger partial charge in [0, 0.05) is 18.0 Å². The van der Waals surface area contributed by atoms with Crippen molar-refractivity contribution >= 4 is 17.5 Å². The molecule has 0 saturated carbocycles. The molecule has 0 unspecified atom stereocenters. The first-order valence-corrected chi connectivity index (χ1v) is 6.35. The summed E-state index contributed by atoms with van der Waals surface area (Å²) in [6.07, 6.45) is 4.88. The number of hydrogen-bond acceptors (Lipinski definition) is 4. The molecule has 4 heteroatoms. The van der Waals surface area contributed by atoms with Crippen molar-refractivity contribution in [3.63, 3.8) is 0 Å². The van der Waals surface area contributed by atoms with E-state index in [-0.39, 0.29) is 5.78 Å². The van der Waals surface area contributed by atoms with Crippen LogP contribution in [0.3, 0.4) is 0 Å². The van der Waals surface area contributed by atoms with Crippen molar-refractivity contribution < 1.29 is 4.79 Å². The minimum absolute atomic E-state index is 0.0153. The fourth-order valence-electron chi connectivity index (χ4n) is 1.32. The fourth-order valence-corrected chi connectivity index (χ4v) is 1.87. The van der Waals surface area contributed by atoms with E-state index in [4.69, 9.17) is 0 Å². The first-order valence-electron chi connectivity index (χ1n) is 5.47. The van der Waals surface area contributed by atoms with Gasteiger partial charge in [0.25, 0.3) is 0 Å². The number of nitrogens with zero attached hydrogens (tertiary/aromatic N) is 2. The average Bonchev–Trinajstić information content (AvgIpc) is 2.40. The molecule has 0 atom stereocenters. The number of aromatic nitrogens is 2. The zero-order valence-electron chi connectivity index (χ0n) is 9.91. The lowest BCUT2D eigenvalue weighted by atomic mass is 10.1. The average molecular weight is 256 g/mol. The molecule has 0 amide bonds. The molecule has 1 heterocycles. The van der Waals surface area contributed by atoms with Crippen LogP contribution >= 0.6 is 11.8 Å². The van der Waals surface area contributed by atoms with Crippen LogP contribution in [0.1, 0.15) is 15.9 Å². The van der Waals surface area contributed by atoms with E-state index >= 15 is 0 Å². The lowest BCUT2D eigenvalue weighted by molar-refractivity contribution is 0.104. The fraction of sp³-hybridized carbons (Fsp3) is 0.0714. The SMILES string of the molecule is Cc1ccc(C(=O)C=CSc2ncccn2)cc1. The van der Waals surface area contributed by atoms with Crippen LogP contribution in [0.2, 0.25) is 0 Å². The summed E-state index contributed by atoms with van der Waals surface area (Å²) >= 11 is 1.32. The van der Waals surface area contributed by atoms with Gasteiger partial charge in [-0.2, -0.15) is 0 Å². The summed E-state index contributed by atoms with van der Waals surface area (Å²) < 4.78 is 0. The van der Waals surface area contributed by atoms with Gasteiger partial charge in [-0.3, -0.25) is 4.79 Å². The highest BCUT2D eigenvalue weighted by Gasteiger charge is 2.00. The number of aryl methyl sites for hydroxylation is 1. The molecular formula is C14H12N2OS. The van der Waals surface area contributed by atoms with E-state index in [0.29, 0.717) is 10.7 Å². The molecular weight excluding hydrogens is 244 g/mol. The maximum atomic E-state index is 11.8. The molecule has 0 bridgehead atoms. The number of rotatable bonds is 4. The number of allylic oxidation sites excluding steroid dienone is 1. The highest BCUT2D eigenvalue weighted by atomic mass is 32.2. The van der Waals surface area contributed by atoms with E-state index < -0.39 is 0 Å². The summed E-state index contributed by atoms with van der Waals surface area (Å²) in [5, 5.41) is 2.34. The van der Waals surface area contributed by atoms with Crippen molar-refractivity contribution in [1.82, 2.24) is 9.97 Å². The number of hydrogen-bond donors (Lipinski definition) is 0. The summed E-state index contributed by atoms with van der Waals surface area (Å²) in [6.45, 7) is 1.99. The number of thioether (sulfide) groups is 1. The minimum Gasteiger partial charge on any atom is -0.289 e. The molecule has 2 rings (SSSR count). The second-order valence-corrected chi connectivity index (χ2v) is 4.56. The van der Waals surface area contributed by atoms with Crippen LogP contribution in [0.25, 0.3) is 0 Å². The Morgan fingerprint density at radius 3 is 2.50 bits per heavy atom. The van der Waals surface area contributed by atoms with Gasteiger partial charge in [-0.25, -0.2) is 9.97 Å². The molecule has 18 heavy (non-hydrogen) atoms. The Labute approximate surface area is 110 Å². The third-order valence-electron chi connectivity index (χ3n) is 2.27. The van der Waals surface area contributed by atoms with E-state index in [1.807, 2.05) is 31.2 Å². The Balaban J connectivity index is 1.97. The topological polar surface area (TPSA) is 42.9 Å². The van der Waals surface area contributed by atoms with Crippen molar-refractivity contribution in [2.45, 2.75) is 12.1 Å². The first kappa shape index (κ1) is 12.5. The third-order valence-corrected chi connectivity index (χ3v) is 2.96. The van der Waals surface area contributed by atoms with E-state index in [2.05, 4.69) is 9.97 Å². The maximum absolute atomic E-state index is 11.8. The lowest BCUT2D eigenvalue weighted by Crippen LogP contribution is -1.93. The smallest absolute Gasteiger partial charge is 0.191 e. The second-order valence-electron chi connectivity index (χ2n) is 3.68. The Hall–Kier alpha value is -1.94. The van der Waals surface area contributed by atoms with Crippen LogP contribution < -0.4 is 0 Å². The van der Waals surface area contributed by atoms with Crippen molar-refractivity contribution in [3.8, 4) is 0 Å². The molecule has 0 fully saturated rings. The van der Waals surface area contributed by atoms with Crippen molar-refractivity contribution in [2.75, 3.05) is 0 Å². The quantitative estimate of drug-likeness (QED) is 0.364. The Morgan fingerprint density at radius 2 is 1.83 bits per heavy atom. The van der Waals surface area contributed by atoms with Crippen molar-refractivity contribution in [3.05, 3.63) is 65.3 Å². The normalized spacial score (nSPS) is 10.7. The van der Waals surface area contributed by atoms with Crippen LogP contribution in [0.15, 0.2) is 59.4 Å². The summed E-state index contributed by atoms with van der Waals surface area (Å²) in [5.41, 5.74) is 1.83. The van der Waals surface area contributed by atoms with Gasteiger partial charge in [0.2, 0.25) is 0 Å². The first-order chi connectivity index (χ1) is 8.75. The third kappa shape index (κ3) is 3.53. The molecule has 3 nitrogen and oxygen atoms in total. The summed E-state index contributed by atoms with van der Waals surface area (Å²) in [5.74, 6) is -0.0153. The maximum Gasteiger partial charge on any atom is 0.191 e. The standard InChI is InChI=1S/C14H12N2OS/c1-11-3-5-12(6-4-11)13(17)7-10-18-14-15-8-2-9-16-14/h2-10H,1H3. The summed E-state index contributed by atoms with van der Waals surface area (Å²) in [6, 6.07) is 9.26. The molecule has 90 valence electrons. The van der Waals surface area contributed by atoms with Gasteiger partial charge in [-0.05, 0) is 24.5 Å². The predicted molar refractivity (Wildman–Crippen MR) is 72.5 cm³/mol. The lowest BCUT2D eigenvalue weighted by Gasteiger charge is -1.96.